The number of hydrogen-bond donors (Lipinski definition) is 2. The van der Waals surface area contributed by atoms with Crippen molar-refractivity contribution in [1.29, 1.82) is 0 Å². The smallest absolute Gasteiger partial charge is 0.289 e. The van der Waals surface area contributed by atoms with Crippen molar-refractivity contribution in [1.82, 2.24) is 10.1 Å². The molecule has 1 spiro atoms. The first-order chi connectivity index (χ1) is 11.2. The van der Waals surface area contributed by atoms with Gasteiger partial charge >= 0.3 is 0 Å². The quantitative estimate of drug-likeness (QED) is 0.825. The Morgan fingerprint density at radius 2 is 1.96 bits per heavy atom. The highest BCUT2D eigenvalue weighted by atomic mass is 35.5. The van der Waals surface area contributed by atoms with E-state index in [1.54, 1.807) is 4.68 Å². The summed E-state index contributed by atoms with van der Waals surface area (Å²) in [5, 5.41) is 5.12. The van der Waals surface area contributed by atoms with Gasteiger partial charge in [0.15, 0.2) is 0 Å². The lowest BCUT2D eigenvalue weighted by atomic mass is 9.90. The lowest BCUT2D eigenvalue weighted by Crippen LogP contribution is -2.61. The number of fused-ring (bicyclic) bond motifs is 1. The molecule has 4 rings (SSSR count). The van der Waals surface area contributed by atoms with Crippen LogP contribution in [0.25, 0.3) is 6.08 Å². The molecular formula is C16H17ClN4OS. The van der Waals surface area contributed by atoms with Crippen molar-refractivity contribution < 1.29 is 0 Å². The number of hydrogen-bond acceptors (Lipinski definition) is 5. The molecule has 120 valence electrons. The van der Waals surface area contributed by atoms with E-state index >= 15 is 0 Å². The first-order valence-electron chi connectivity index (χ1n) is 7.78. The van der Waals surface area contributed by atoms with Gasteiger partial charge in [-0.15, -0.1) is 5.10 Å². The minimum Gasteiger partial charge on any atom is -0.294 e. The minimum atomic E-state index is -0.270. The van der Waals surface area contributed by atoms with Crippen LogP contribution in [-0.4, -0.2) is 10.3 Å². The van der Waals surface area contributed by atoms with E-state index in [2.05, 4.69) is 16.0 Å². The fourth-order valence-electron chi connectivity index (χ4n) is 3.13. The first kappa shape index (κ1) is 14.8. The Bertz CT molecular complexity index is 894. The third kappa shape index (κ3) is 2.77. The Kier molecular flexibility index (Phi) is 3.66. The molecule has 1 aliphatic carbocycles. The van der Waals surface area contributed by atoms with Crippen molar-refractivity contribution in [2.45, 2.75) is 37.8 Å². The topological polar surface area (TPSA) is 58.4 Å². The third-order valence-corrected chi connectivity index (χ3v) is 5.59. The molecule has 0 bridgehead atoms. The summed E-state index contributed by atoms with van der Waals surface area (Å²) in [7, 11) is 0. The molecule has 1 fully saturated rings. The summed E-state index contributed by atoms with van der Waals surface area (Å²) in [6.45, 7) is 0. The van der Waals surface area contributed by atoms with Crippen LogP contribution < -0.4 is 25.7 Å². The molecule has 2 aliphatic rings. The van der Waals surface area contributed by atoms with Crippen LogP contribution in [0.2, 0.25) is 5.02 Å². The zero-order chi connectivity index (χ0) is 15.9. The summed E-state index contributed by atoms with van der Waals surface area (Å²) in [5.74, 6) is 0. The monoisotopic (exact) mass is 348 g/mol. The average Bonchev–Trinajstić information content (AvgIpc) is 2.86. The zero-order valence-corrected chi connectivity index (χ0v) is 14.1. The number of benzene rings is 1. The third-order valence-electron chi connectivity index (χ3n) is 4.37. The summed E-state index contributed by atoms with van der Waals surface area (Å²) in [5.41, 5.74) is 7.23. The lowest BCUT2D eigenvalue weighted by molar-refractivity contribution is 0.229. The molecule has 7 heteroatoms. The standard InChI is InChI=1S/C16H17ClN4OS/c17-12-6-4-11(5-7-12)10-13-14(22)21-15(23-13)18-19-16(20-21)8-2-1-3-9-16/h4-7,10,19-20H,1-3,8-9H2/b13-10+. The van der Waals surface area contributed by atoms with Gasteiger partial charge < -0.3 is 0 Å². The largest absolute Gasteiger partial charge is 0.294 e. The molecule has 0 saturated heterocycles. The molecule has 1 aliphatic heterocycles. The van der Waals surface area contributed by atoms with Crippen molar-refractivity contribution in [3.8, 4) is 0 Å². The van der Waals surface area contributed by atoms with Gasteiger partial charge in [-0.05, 0) is 49.5 Å². The second-order valence-corrected chi connectivity index (χ2v) is 7.51. The van der Waals surface area contributed by atoms with E-state index in [-0.39, 0.29) is 11.2 Å². The number of nitrogens with zero attached hydrogens (tertiary/aromatic N) is 2. The maximum Gasteiger partial charge on any atom is 0.289 e. The van der Waals surface area contributed by atoms with E-state index in [4.69, 9.17) is 11.6 Å². The van der Waals surface area contributed by atoms with Crippen LogP contribution in [0.1, 0.15) is 37.7 Å². The fourth-order valence-corrected chi connectivity index (χ4v) is 4.14. The van der Waals surface area contributed by atoms with E-state index in [0.717, 1.165) is 31.2 Å². The van der Waals surface area contributed by atoms with Crippen LogP contribution in [0.3, 0.4) is 0 Å². The second kappa shape index (κ2) is 5.69. The Balaban J connectivity index is 1.74. The molecular weight excluding hydrogens is 332 g/mol. The molecule has 0 amide bonds. The summed E-state index contributed by atoms with van der Waals surface area (Å²) in [6, 6.07) is 7.44. The molecule has 5 nitrogen and oxygen atoms in total. The maximum atomic E-state index is 12.7. The summed E-state index contributed by atoms with van der Waals surface area (Å²) in [4.78, 5) is 13.3. The minimum absolute atomic E-state index is 0.0462. The zero-order valence-electron chi connectivity index (χ0n) is 12.5. The molecule has 1 aromatic heterocycles. The molecule has 1 saturated carbocycles. The van der Waals surface area contributed by atoms with Gasteiger partial charge in [0.25, 0.3) is 5.56 Å². The van der Waals surface area contributed by atoms with Gasteiger partial charge in [-0.25, -0.2) is 0 Å². The molecule has 0 radical (unpaired) electrons. The SMILES string of the molecule is O=c1/c(=C\c2ccc(Cl)cc2)sc2n1NC1(CCCCC1)NN=2. The molecule has 1 aromatic carbocycles. The van der Waals surface area contributed by atoms with E-state index < -0.39 is 0 Å². The van der Waals surface area contributed by atoms with E-state index in [9.17, 15) is 4.79 Å². The van der Waals surface area contributed by atoms with Crippen LogP contribution in [-0.2, 0) is 0 Å². The Morgan fingerprint density at radius 3 is 2.70 bits per heavy atom. The second-order valence-electron chi connectivity index (χ2n) is 6.06. The van der Waals surface area contributed by atoms with Gasteiger partial charge in [0.05, 0.1) is 4.53 Å². The van der Waals surface area contributed by atoms with Crippen LogP contribution in [0.4, 0.5) is 0 Å². The molecule has 2 aromatic rings. The number of aromatic nitrogens is 1. The molecule has 0 atom stereocenters. The van der Waals surface area contributed by atoms with E-state index in [0.29, 0.717) is 14.4 Å². The van der Waals surface area contributed by atoms with Gasteiger partial charge in [-0.3, -0.25) is 15.6 Å². The van der Waals surface area contributed by atoms with E-state index in [1.807, 2.05) is 30.3 Å². The van der Waals surface area contributed by atoms with Crippen LogP contribution in [0.15, 0.2) is 34.2 Å². The number of halogens is 1. The summed E-state index contributed by atoms with van der Waals surface area (Å²) < 4.78 is 2.25. The molecule has 23 heavy (non-hydrogen) atoms. The number of rotatable bonds is 1. The number of thiazole rings is 1. The lowest BCUT2D eigenvalue weighted by Gasteiger charge is -2.39. The highest BCUT2D eigenvalue weighted by Gasteiger charge is 2.34. The number of nitrogens with one attached hydrogen (secondary N) is 2. The first-order valence-corrected chi connectivity index (χ1v) is 8.97. The van der Waals surface area contributed by atoms with Crippen molar-refractivity contribution >= 4 is 29.0 Å². The molecule has 2 N–H and O–H groups in total. The average molecular weight is 349 g/mol. The molecule has 0 unspecified atom stereocenters. The van der Waals surface area contributed by atoms with Crippen molar-refractivity contribution in [3.05, 3.63) is 54.5 Å². The van der Waals surface area contributed by atoms with E-state index in [1.165, 1.54) is 17.8 Å². The maximum absolute atomic E-state index is 12.7. The molecule has 2 heterocycles. The van der Waals surface area contributed by atoms with Crippen LogP contribution >= 0.6 is 22.9 Å². The summed E-state index contributed by atoms with van der Waals surface area (Å²) >= 11 is 7.28. The fraction of sp³-hybridized carbons (Fsp3) is 0.375. The summed E-state index contributed by atoms with van der Waals surface area (Å²) in [6.07, 6.45) is 7.37. The highest BCUT2D eigenvalue weighted by Crippen LogP contribution is 2.27. The Morgan fingerprint density at radius 1 is 1.22 bits per heavy atom. The van der Waals surface area contributed by atoms with Crippen LogP contribution in [0.5, 0.6) is 0 Å². The van der Waals surface area contributed by atoms with Gasteiger partial charge in [0, 0.05) is 5.02 Å². The van der Waals surface area contributed by atoms with Crippen molar-refractivity contribution in [3.63, 3.8) is 0 Å². The van der Waals surface area contributed by atoms with Gasteiger partial charge in [0.1, 0.15) is 5.66 Å². The predicted molar refractivity (Wildman–Crippen MR) is 92.7 cm³/mol. The van der Waals surface area contributed by atoms with Crippen molar-refractivity contribution in [2.75, 3.05) is 5.43 Å². The predicted octanol–water partition coefficient (Wildman–Crippen LogP) is 1.73. The Labute approximate surface area is 142 Å². The van der Waals surface area contributed by atoms with Crippen molar-refractivity contribution in [2.24, 2.45) is 5.10 Å². The highest BCUT2D eigenvalue weighted by molar-refractivity contribution is 7.07. The Hall–Kier alpha value is -1.79. The van der Waals surface area contributed by atoms with Gasteiger partial charge in [0.2, 0.25) is 4.80 Å². The normalized spacial score (nSPS) is 19.6. The van der Waals surface area contributed by atoms with Gasteiger partial charge in [-0.2, -0.15) is 4.68 Å². The van der Waals surface area contributed by atoms with Gasteiger partial charge in [-0.1, -0.05) is 41.5 Å². The van der Waals surface area contributed by atoms with Crippen LogP contribution in [0, 0.1) is 0 Å².